The molecule has 0 aliphatic carbocycles. The van der Waals surface area contributed by atoms with Crippen LogP contribution in [0.5, 0.6) is 0 Å². The van der Waals surface area contributed by atoms with Crippen LogP contribution in [-0.4, -0.2) is 124 Å². The zero-order chi connectivity index (χ0) is 22.4. The first-order valence-corrected chi connectivity index (χ1v) is 8.99. The van der Waals surface area contributed by atoms with Gasteiger partial charge in [-0.3, -0.25) is 9.59 Å². The minimum absolute atomic E-state index is 0.0813. The second-order valence-electron chi connectivity index (χ2n) is 6.67. The molecule has 2 fully saturated rings. The first-order valence-electron chi connectivity index (χ1n) is 8.99. The quantitative estimate of drug-likeness (QED) is 0.0858. The van der Waals surface area contributed by atoms with E-state index in [1.807, 2.05) is 0 Å². The van der Waals surface area contributed by atoms with Crippen molar-refractivity contribution in [2.24, 2.45) is 0 Å². The molecule has 0 bridgehead atoms. The third-order valence-corrected chi connectivity index (χ3v) is 4.60. The van der Waals surface area contributed by atoms with Crippen LogP contribution in [0.3, 0.4) is 0 Å². The van der Waals surface area contributed by atoms with Gasteiger partial charge in [0.15, 0.2) is 19.4 Å². The summed E-state index contributed by atoms with van der Waals surface area (Å²) in [6.07, 6.45) is -15.8. The molecular formula is C16H26O14. The molecule has 2 aliphatic heterocycles. The van der Waals surface area contributed by atoms with Gasteiger partial charge in [0.1, 0.15) is 55.4 Å². The van der Waals surface area contributed by atoms with Crippen molar-refractivity contribution in [2.75, 3.05) is 20.0 Å². The lowest BCUT2D eigenvalue weighted by molar-refractivity contribution is -0.372. The monoisotopic (exact) mass is 442 g/mol. The van der Waals surface area contributed by atoms with Crippen LogP contribution in [0.2, 0.25) is 0 Å². The van der Waals surface area contributed by atoms with E-state index >= 15 is 0 Å². The molecule has 10 atom stereocenters. The van der Waals surface area contributed by atoms with Crippen molar-refractivity contribution >= 4 is 12.4 Å². The fourth-order valence-corrected chi connectivity index (χ4v) is 2.99. The summed E-state index contributed by atoms with van der Waals surface area (Å²) in [5.41, 5.74) is 0. The molecule has 0 radical (unpaired) electrons. The third-order valence-electron chi connectivity index (χ3n) is 4.60. The molecule has 6 N–H and O–H groups in total. The summed E-state index contributed by atoms with van der Waals surface area (Å²) in [7, 11) is 0. The number of aliphatic hydroxyl groups excluding tert-OH is 6. The molecule has 0 amide bonds. The van der Waals surface area contributed by atoms with Crippen LogP contribution in [0, 0.1) is 0 Å². The molecule has 2 rings (SSSR count). The predicted molar refractivity (Wildman–Crippen MR) is 89.0 cm³/mol. The van der Waals surface area contributed by atoms with Gasteiger partial charge in [0, 0.05) is 6.92 Å². The molecule has 30 heavy (non-hydrogen) atoms. The highest BCUT2D eigenvalue weighted by atomic mass is 16.8. The Morgan fingerprint density at radius 1 is 0.933 bits per heavy atom. The van der Waals surface area contributed by atoms with Gasteiger partial charge in [0.05, 0.1) is 6.61 Å². The average molecular weight is 442 g/mol. The normalized spacial score (nSPS) is 41.8. The third kappa shape index (κ3) is 5.82. The molecule has 0 aromatic carbocycles. The minimum atomic E-state index is -1.79. The van der Waals surface area contributed by atoms with Gasteiger partial charge >= 0.3 is 5.97 Å². The second kappa shape index (κ2) is 11.2. The van der Waals surface area contributed by atoms with E-state index in [9.17, 15) is 40.2 Å². The van der Waals surface area contributed by atoms with Crippen LogP contribution in [-0.2, 0) is 38.0 Å². The van der Waals surface area contributed by atoms with Crippen molar-refractivity contribution in [3.63, 3.8) is 0 Å². The van der Waals surface area contributed by atoms with Gasteiger partial charge in [0.2, 0.25) is 0 Å². The minimum Gasteiger partial charge on any atom is -0.463 e. The molecule has 0 aromatic rings. The molecule has 2 heterocycles. The van der Waals surface area contributed by atoms with E-state index in [0.29, 0.717) is 0 Å². The molecule has 14 nitrogen and oxygen atoms in total. The molecular weight excluding hydrogens is 416 g/mol. The van der Waals surface area contributed by atoms with Gasteiger partial charge in [0.25, 0.3) is 6.47 Å². The molecule has 5 unspecified atom stereocenters. The van der Waals surface area contributed by atoms with E-state index in [-0.39, 0.29) is 6.47 Å². The van der Waals surface area contributed by atoms with E-state index < -0.39 is 87.4 Å². The molecule has 0 aromatic heterocycles. The maximum atomic E-state index is 11.0. The largest absolute Gasteiger partial charge is 0.463 e. The van der Waals surface area contributed by atoms with Crippen LogP contribution >= 0.6 is 0 Å². The Kier molecular flexibility index (Phi) is 9.30. The van der Waals surface area contributed by atoms with E-state index in [1.165, 1.54) is 0 Å². The van der Waals surface area contributed by atoms with Gasteiger partial charge in [-0.15, -0.1) is 0 Å². The number of hydrogen-bond acceptors (Lipinski definition) is 14. The van der Waals surface area contributed by atoms with E-state index in [4.69, 9.17) is 23.7 Å². The van der Waals surface area contributed by atoms with Crippen LogP contribution in [0.4, 0.5) is 0 Å². The average Bonchev–Trinajstić information content (AvgIpc) is 2.72. The van der Waals surface area contributed by atoms with Gasteiger partial charge in [-0.2, -0.15) is 0 Å². The molecule has 2 saturated heterocycles. The smallest absolute Gasteiger partial charge is 0.302 e. The van der Waals surface area contributed by atoms with Crippen molar-refractivity contribution in [2.45, 2.75) is 68.3 Å². The Hall–Kier alpha value is -1.46. The highest BCUT2D eigenvalue weighted by Gasteiger charge is 2.51. The molecule has 0 spiro atoms. The highest BCUT2D eigenvalue weighted by molar-refractivity contribution is 5.65. The van der Waals surface area contributed by atoms with Crippen molar-refractivity contribution in [1.29, 1.82) is 0 Å². The lowest BCUT2D eigenvalue weighted by Gasteiger charge is -2.45. The zero-order valence-electron chi connectivity index (χ0n) is 15.9. The SMILES string of the molecule is CC(=O)OCC1OC(OCOC=O)[C@@H](O[C@@H]2OC(CO)[C@@H](O)C(O)[C@@H]2O)C(O)[C@@H]1O. The van der Waals surface area contributed by atoms with Gasteiger partial charge < -0.3 is 59.1 Å². The summed E-state index contributed by atoms with van der Waals surface area (Å²) < 4.78 is 30.4. The number of esters is 1. The van der Waals surface area contributed by atoms with Gasteiger partial charge in [-0.25, -0.2) is 0 Å². The van der Waals surface area contributed by atoms with Gasteiger partial charge in [-0.1, -0.05) is 0 Å². The maximum Gasteiger partial charge on any atom is 0.302 e. The highest BCUT2D eigenvalue weighted by Crippen LogP contribution is 2.29. The fraction of sp³-hybridized carbons (Fsp3) is 0.875. The van der Waals surface area contributed by atoms with E-state index in [0.717, 1.165) is 6.92 Å². The molecule has 174 valence electrons. The molecule has 14 heteroatoms. The number of hydrogen-bond donors (Lipinski definition) is 6. The Labute approximate surface area is 170 Å². The van der Waals surface area contributed by atoms with Crippen LogP contribution in [0.25, 0.3) is 0 Å². The summed E-state index contributed by atoms with van der Waals surface area (Å²) in [5.74, 6) is -0.665. The Morgan fingerprint density at radius 2 is 1.57 bits per heavy atom. The van der Waals surface area contributed by atoms with Crippen molar-refractivity contribution in [3.8, 4) is 0 Å². The van der Waals surface area contributed by atoms with Crippen LogP contribution in [0.15, 0.2) is 0 Å². The predicted octanol–water partition coefficient (Wildman–Crippen LogP) is -4.67. The summed E-state index contributed by atoms with van der Waals surface area (Å²) in [6, 6.07) is 0. The number of rotatable bonds is 9. The van der Waals surface area contributed by atoms with Crippen molar-refractivity contribution < 1.29 is 68.6 Å². The topological polar surface area (TPSA) is 211 Å². The van der Waals surface area contributed by atoms with Crippen LogP contribution < -0.4 is 0 Å². The summed E-state index contributed by atoms with van der Waals surface area (Å²) in [6.45, 7) is -0.574. The lowest BCUT2D eigenvalue weighted by Crippen LogP contribution is -2.64. The Morgan fingerprint density at radius 3 is 2.17 bits per heavy atom. The Balaban J connectivity index is 2.15. The Bertz CT molecular complexity index is 558. The first kappa shape index (κ1) is 24.8. The summed E-state index contributed by atoms with van der Waals surface area (Å²) in [5, 5.41) is 59.8. The molecule has 0 saturated carbocycles. The fourth-order valence-electron chi connectivity index (χ4n) is 2.99. The number of aliphatic hydroxyl groups is 6. The van der Waals surface area contributed by atoms with E-state index in [1.54, 1.807) is 0 Å². The lowest BCUT2D eigenvalue weighted by atomic mass is 9.97. The van der Waals surface area contributed by atoms with Crippen LogP contribution in [0.1, 0.15) is 6.92 Å². The number of ether oxygens (including phenoxy) is 6. The van der Waals surface area contributed by atoms with Crippen molar-refractivity contribution in [1.82, 2.24) is 0 Å². The standard InChI is InChI=1S/C16H26O14/c1-6(19)26-3-8-10(21)12(23)14(16(29-8)27-5-25-4-18)30-15-13(24)11(22)9(20)7(2-17)28-15/h4,7-17,20-24H,2-3,5H2,1H3/t7?,8?,9-,10-,11?,12?,13+,14+,15+,16?/m1/s1. The molecule has 2 aliphatic rings. The summed E-state index contributed by atoms with van der Waals surface area (Å²) in [4.78, 5) is 21.3. The van der Waals surface area contributed by atoms with E-state index in [2.05, 4.69) is 4.74 Å². The maximum absolute atomic E-state index is 11.0. The second-order valence-corrected chi connectivity index (χ2v) is 6.67. The number of carbonyl (C=O) groups is 2. The first-order chi connectivity index (χ1) is 14.2. The summed E-state index contributed by atoms with van der Waals surface area (Å²) >= 11 is 0. The number of carbonyl (C=O) groups excluding carboxylic acids is 2. The zero-order valence-corrected chi connectivity index (χ0v) is 15.9. The van der Waals surface area contributed by atoms with Gasteiger partial charge in [-0.05, 0) is 0 Å². The van der Waals surface area contributed by atoms with Crippen molar-refractivity contribution in [3.05, 3.63) is 0 Å².